The molecule has 2 heterocycles. The van der Waals surface area contributed by atoms with Crippen LogP contribution in [0.2, 0.25) is 0 Å². The number of hydrogen-bond donors (Lipinski definition) is 2. The first-order valence-corrected chi connectivity index (χ1v) is 9.31. The molecule has 0 fully saturated rings. The minimum absolute atomic E-state index is 0.0455. The lowest BCUT2D eigenvalue weighted by molar-refractivity contribution is -0.142. The van der Waals surface area contributed by atoms with Crippen LogP contribution < -0.4 is 5.32 Å². The van der Waals surface area contributed by atoms with Gasteiger partial charge in [-0.15, -0.1) is 0 Å². The van der Waals surface area contributed by atoms with Gasteiger partial charge in [-0.05, 0) is 29.2 Å². The first kappa shape index (κ1) is 19.7. The van der Waals surface area contributed by atoms with Crippen molar-refractivity contribution in [3.8, 4) is 0 Å². The minimum atomic E-state index is -1.16. The highest BCUT2D eigenvalue weighted by Gasteiger charge is 2.34. The molecule has 7 heteroatoms. The number of amides is 2. The number of nitrogens with zero attached hydrogens (tertiary/aromatic N) is 1. The van der Waals surface area contributed by atoms with Crippen LogP contribution in [0.3, 0.4) is 0 Å². The number of rotatable bonds is 6. The zero-order valence-corrected chi connectivity index (χ0v) is 16.0. The van der Waals surface area contributed by atoms with Crippen molar-refractivity contribution >= 4 is 17.8 Å². The molecule has 0 saturated carbocycles. The summed E-state index contributed by atoms with van der Waals surface area (Å²) < 4.78 is 5.17. The predicted molar refractivity (Wildman–Crippen MR) is 101 cm³/mol. The Hall–Kier alpha value is -3.09. The van der Waals surface area contributed by atoms with Crippen LogP contribution in [0.5, 0.6) is 0 Å². The van der Waals surface area contributed by atoms with E-state index in [1.165, 1.54) is 12.1 Å². The number of fused-ring (bicyclic) bond motifs is 1. The summed E-state index contributed by atoms with van der Waals surface area (Å²) in [7, 11) is 0. The summed E-state index contributed by atoms with van der Waals surface area (Å²) in [4.78, 5) is 38.1. The van der Waals surface area contributed by atoms with E-state index in [0.717, 1.165) is 11.1 Å². The molecule has 2 amide bonds. The van der Waals surface area contributed by atoms with Gasteiger partial charge in [-0.3, -0.25) is 9.59 Å². The molecular formula is C21H24N2O5. The van der Waals surface area contributed by atoms with E-state index in [1.54, 1.807) is 4.90 Å². The molecule has 0 saturated heterocycles. The maximum absolute atomic E-state index is 12.9. The third kappa shape index (κ3) is 4.42. The van der Waals surface area contributed by atoms with Gasteiger partial charge in [0.05, 0.1) is 6.54 Å². The fraction of sp³-hybridized carbons (Fsp3) is 0.381. The van der Waals surface area contributed by atoms with Gasteiger partial charge in [0.15, 0.2) is 0 Å². The fourth-order valence-electron chi connectivity index (χ4n) is 3.37. The number of hydrogen-bond acceptors (Lipinski definition) is 4. The largest absolute Gasteiger partial charge is 0.475 e. The quantitative estimate of drug-likeness (QED) is 0.797. The molecule has 1 aromatic heterocycles. The van der Waals surface area contributed by atoms with E-state index >= 15 is 0 Å². The molecule has 1 aromatic carbocycles. The van der Waals surface area contributed by atoms with E-state index in [9.17, 15) is 14.4 Å². The van der Waals surface area contributed by atoms with Crippen molar-refractivity contribution < 1.29 is 23.9 Å². The lowest BCUT2D eigenvalue weighted by Gasteiger charge is -2.36. The van der Waals surface area contributed by atoms with Crippen molar-refractivity contribution in [3.05, 3.63) is 59.0 Å². The van der Waals surface area contributed by atoms with Gasteiger partial charge in [-0.25, -0.2) is 4.79 Å². The Balaban J connectivity index is 1.74. The van der Waals surface area contributed by atoms with Crippen LogP contribution in [0, 0.1) is 5.92 Å². The molecule has 2 aromatic rings. The molecule has 1 aliphatic heterocycles. The molecule has 7 nitrogen and oxygen atoms in total. The Morgan fingerprint density at radius 2 is 1.89 bits per heavy atom. The molecule has 0 radical (unpaired) electrons. The van der Waals surface area contributed by atoms with Gasteiger partial charge < -0.3 is 19.7 Å². The lowest BCUT2D eigenvalue weighted by atomic mass is 9.92. The molecular weight excluding hydrogens is 360 g/mol. The summed E-state index contributed by atoms with van der Waals surface area (Å²) in [6.45, 7) is 4.42. The van der Waals surface area contributed by atoms with Gasteiger partial charge in [0.2, 0.25) is 17.6 Å². The average Bonchev–Trinajstić information content (AvgIpc) is 3.14. The van der Waals surface area contributed by atoms with Crippen LogP contribution in [0.15, 0.2) is 40.8 Å². The van der Waals surface area contributed by atoms with Crippen LogP contribution in [-0.2, 0) is 29.1 Å². The van der Waals surface area contributed by atoms with E-state index in [-0.39, 0.29) is 30.0 Å². The molecule has 0 spiro atoms. The monoisotopic (exact) mass is 384 g/mol. The van der Waals surface area contributed by atoms with E-state index in [0.29, 0.717) is 25.1 Å². The van der Waals surface area contributed by atoms with Crippen molar-refractivity contribution in [2.24, 2.45) is 5.92 Å². The summed E-state index contributed by atoms with van der Waals surface area (Å²) in [5.41, 5.74) is 2.11. The van der Waals surface area contributed by atoms with E-state index in [1.807, 2.05) is 38.1 Å². The maximum atomic E-state index is 12.9. The number of carboxylic acids is 1. The van der Waals surface area contributed by atoms with Gasteiger partial charge in [-0.2, -0.15) is 0 Å². The van der Waals surface area contributed by atoms with Crippen molar-refractivity contribution in [3.63, 3.8) is 0 Å². The Bertz CT molecular complexity index is 886. The summed E-state index contributed by atoms with van der Waals surface area (Å²) in [5, 5.41) is 11.7. The van der Waals surface area contributed by atoms with Gasteiger partial charge in [0.1, 0.15) is 11.8 Å². The second-order valence-corrected chi connectivity index (χ2v) is 7.40. The number of benzene rings is 1. The topological polar surface area (TPSA) is 99.9 Å². The lowest BCUT2D eigenvalue weighted by Crippen LogP contribution is -2.52. The molecule has 2 N–H and O–H groups in total. The van der Waals surface area contributed by atoms with E-state index < -0.39 is 12.0 Å². The Morgan fingerprint density at radius 3 is 2.54 bits per heavy atom. The first-order valence-electron chi connectivity index (χ1n) is 9.31. The Morgan fingerprint density at radius 1 is 1.18 bits per heavy atom. The summed E-state index contributed by atoms with van der Waals surface area (Å²) in [6.07, 6.45) is 0.830. The number of carboxylic acid groups (broad SMARTS) is 1. The second kappa shape index (κ2) is 8.29. The Labute approximate surface area is 163 Å². The highest BCUT2D eigenvalue weighted by Crippen LogP contribution is 2.25. The molecule has 0 bridgehead atoms. The minimum Gasteiger partial charge on any atom is -0.475 e. The number of aromatic carboxylic acids is 1. The second-order valence-electron chi connectivity index (χ2n) is 7.40. The SMILES string of the molecule is CC(C)CC(=O)N1Cc2ccccc2CC1C(=O)NCc1ccc(C(=O)O)o1. The summed E-state index contributed by atoms with van der Waals surface area (Å²) in [6, 6.07) is 10.1. The highest BCUT2D eigenvalue weighted by atomic mass is 16.4. The average molecular weight is 384 g/mol. The van der Waals surface area contributed by atoms with Gasteiger partial charge in [-0.1, -0.05) is 38.1 Å². The molecule has 1 aliphatic rings. The zero-order chi connectivity index (χ0) is 20.3. The third-order valence-electron chi connectivity index (χ3n) is 4.76. The van der Waals surface area contributed by atoms with Crippen LogP contribution in [-0.4, -0.2) is 33.8 Å². The van der Waals surface area contributed by atoms with Gasteiger partial charge in [0.25, 0.3) is 0 Å². The van der Waals surface area contributed by atoms with Crippen molar-refractivity contribution in [2.75, 3.05) is 0 Å². The van der Waals surface area contributed by atoms with Crippen molar-refractivity contribution in [2.45, 2.75) is 45.8 Å². The van der Waals surface area contributed by atoms with Crippen LogP contribution in [0.4, 0.5) is 0 Å². The number of carbonyl (C=O) groups is 3. The van der Waals surface area contributed by atoms with E-state index in [4.69, 9.17) is 9.52 Å². The van der Waals surface area contributed by atoms with Crippen LogP contribution in [0.1, 0.15) is 47.7 Å². The molecule has 148 valence electrons. The van der Waals surface area contributed by atoms with Gasteiger partial charge >= 0.3 is 5.97 Å². The molecule has 3 rings (SSSR count). The smallest absolute Gasteiger partial charge is 0.371 e. The third-order valence-corrected chi connectivity index (χ3v) is 4.76. The van der Waals surface area contributed by atoms with Crippen molar-refractivity contribution in [1.29, 1.82) is 0 Å². The molecule has 1 unspecified atom stereocenters. The fourth-order valence-corrected chi connectivity index (χ4v) is 3.37. The zero-order valence-electron chi connectivity index (χ0n) is 16.0. The highest BCUT2D eigenvalue weighted by molar-refractivity contribution is 5.88. The van der Waals surface area contributed by atoms with E-state index in [2.05, 4.69) is 5.32 Å². The summed E-state index contributed by atoms with van der Waals surface area (Å²) >= 11 is 0. The standard InChI is InChI=1S/C21H24N2O5/c1-13(2)9-19(24)23-12-15-6-4-3-5-14(15)10-17(23)20(25)22-11-16-7-8-18(28-16)21(26)27/h3-8,13,17H,9-12H2,1-2H3,(H,22,25)(H,26,27). The maximum Gasteiger partial charge on any atom is 0.371 e. The van der Waals surface area contributed by atoms with Gasteiger partial charge in [0, 0.05) is 19.4 Å². The first-order chi connectivity index (χ1) is 13.3. The Kier molecular flexibility index (Phi) is 5.82. The number of nitrogens with one attached hydrogen (secondary N) is 1. The molecule has 1 atom stereocenters. The van der Waals surface area contributed by atoms with Crippen LogP contribution in [0.25, 0.3) is 0 Å². The molecule has 28 heavy (non-hydrogen) atoms. The molecule has 0 aliphatic carbocycles. The summed E-state index contributed by atoms with van der Waals surface area (Å²) in [5.74, 6) is -1.11. The number of furan rings is 1. The number of carbonyl (C=O) groups excluding carboxylic acids is 2. The predicted octanol–water partition coefficient (Wildman–Crippen LogP) is 2.59. The van der Waals surface area contributed by atoms with Crippen LogP contribution >= 0.6 is 0 Å². The normalized spacial score (nSPS) is 16.0. The van der Waals surface area contributed by atoms with Crippen molar-refractivity contribution in [1.82, 2.24) is 10.2 Å².